The number of carbonyl (C=O) groups is 2. The lowest BCUT2D eigenvalue weighted by molar-refractivity contribution is -0.117. The fourth-order valence-electron chi connectivity index (χ4n) is 3.53. The van der Waals surface area contributed by atoms with Gasteiger partial charge in [-0.1, -0.05) is 6.07 Å². The number of likely N-dealkylation sites (tertiary alicyclic amines) is 1. The molecule has 1 atom stereocenters. The van der Waals surface area contributed by atoms with Gasteiger partial charge in [0.05, 0.1) is 12.2 Å². The predicted molar refractivity (Wildman–Crippen MR) is 99.1 cm³/mol. The quantitative estimate of drug-likeness (QED) is 0.814. The van der Waals surface area contributed by atoms with Crippen LogP contribution in [0.1, 0.15) is 41.0 Å². The molecule has 6 nitrogen and oxygen atoms in total. The van der Waals surface area contributed by atoms with Crippen molar-refractivity contribution in [2.45, 2.75) is 25.8 Å². The van der Waals surface area contributed by atoms with Gasteiger partial charge in [0.25, 0.3) is 0 Å². The van der Waals surface area contributed by atoms with E-state index in [0.29, 0.717) is 35.3 Å². The second-order valence-electron chi connectivity index (χ2n) is 6.50. The number of hydrogen-bond acceptors (Lipinski definition) is 6. The molecule has 2 aromatic rings. The smallest absolute Gasteiger partial charge is 0.238 e. The highest BCUT2D eigenvalue weighted by Gasteiger charge is 2.28. The SMILES string of the molecule is CC(=O)c1cc2c(cc1NC(=O)CN1CCC[C@@H]1c1cccs1)OCO2. The molecule has 26 heavy (non-hydrogen) atoms. The number of anilines is 1. The maximum Gasteiger partial charge on any atom is 0.238 e. The van der Waals surface area contributed by atoms with Crippen LogP contribution in [0.3, 0.4) is 0 Å². The number of thiophene rings is 1. The summed E-state index contributed by atoms with van der Waals surface area (Å²) in [6.45, 7) is 2.80. The van der Waals surface area contributed by atoms with Crippen LogP contribution >= 0.6 is 11.3 Å². The molecule has 1 aromatic heterocycles. The standard InChI is InChI=1S/C19H20N2O4S/c1-12(22)13-8-16-17(25-11-24-16)9-14(13)20-19(23)10-21-6-2-4-15(21)18-5-3-7-26-18/h3,5,7-9,15H,2,4,6,10-11H2,1H3,(H,20,23)/t15-/m1/s1. The normalized spacial score (nSPS) is 18.9. The summed E-state index contributed by atoms with van der Waals surface area (Å²) in [6.07, 6.45) is 2.15. The van der Waals surface area contributed by atoms with E-state index in [9.17, 15) is 9.59 Å². The molecule has 3 heterocycles. The third kappa shape index (κ3) is 3.32. The van der Waals surface area contributed by atoms with Crippen molar-refractivity contribution in [3.8, 4) is 11.5 Å². The number of ether oxygens (including phenoxy) is 2. The van der Waals surface area contributed by atoms with E-state index in [1.807, 2.05) is 6.07 Å². The summed E-state index contributed by atoms with van der Waals surface area (Å²) in [5.74, 6) is 0.819. The van der Waals surface area contributed by atoms with Crippen LogP contribution in [0.25, 0.3) is 0 Å². The van der Waals surface area contributed by atoms with Crippen molar-refractivity contribution in [3.63, 3.8) is 0 Å². The number of rotatable bonds is 5. The Balaban J connectivity index is 1.49. The van der Waals surface area contributed by atoms with Gasteiger partial charge in [0.15, 0.2) is 17.3 Å². The molecule has 2 aliphatic heterocycles. The first-order valence-corrected chi connectivity index (χ1v) is 9.51. The Bertz CT molecular complexity index is 834. The van der Waals surface area contributed by atoms with E-state index in [0.717, 1.165) is 19.4 Å². The molecule has 1 saturated heterocycles. The van der Waals surface area contributed by atoms with Gasteiger partial charge in [-0.2, -0.15) is 0 Å². The third-order valence-corrected chi connectivity index (χ3v) is 5.72. The van der Waals surface area contributed by atoms with Crippen molar-refractivity contribution in [1.82, 2.24) is 4.90 Å². The van der Waals surface area contributed by atoms with E-state index in [1.54, 1.807) is 23.5 Å². The van der Waals surface area contributed by atoms with E-state index in [1.165, 1.54) is 11.8 Å². The molecule has 1 amide bonds. The molecule has 0 radical (unpaired) electrons. The first kappa shape index (κ1) is 17.1. The molecule has 0 spiro atoms. The minimum atomic E-state index is -0.130. The number of nitrogens with one attached hydrogen (secondary N) is 1. The number of hydrogen-bond donors (Lipinski definition) is 1. The van der Waals surface area contributed by atoms with Crippen LogP contribution in [-0.4, -0.2) is 36.5 Å². The first-order valence-electron chi connectivity index (χ1n) is 8.63. The molecule has 0 aliphatic carbocycles. The monoisotopic (exact) mass is 372 g/mol. The number of nitrogens with zero attached hydrogens (tertiary/aromatic N) is 1. The zero-order valence-electron chi connectivity index (χ0n) is 14.5. The Labute approximate surface area is 155 Å². The molecule has 0 bridgehead atoms. The summed E-state index contributed by atoms with van der Waals surface area (Å²) in [7, 11) is 0. The van der Waals surface area contributed by atoms with E-state index >= 15 is 0 Å². The lowest BCUT2D eigenvalue weighted by Crippen LogP contribution is -2.33. The van der Waals surface area contributed by atoms with Gasteiger partial charge in [-0.15, -0.1) is 11.3 Å². The highest BCUT2D eigenvalue weighted by atomic mass is 32.1. The number of ketones is 1. The fraction of sp³-hybridized carbons (Fsp3) is 0.368. The van der Waals surface area contributed by atoms with E-state index in [4.69, 9.17) is 9.47 Å². The Morgan fingerprint density at radius 1 is 1.31 bits per heavy atom. The highest BCUT2D eigenvalue weighted by Crippen LogP contribution is 2.38. The number of carbonyl (C=O) groups excluding carboxylic acids is 2. The number of benzene rings is 1. The predicted octanol–water partition coefficient (Wildman–Crippen LogP) is 3.46. The van der Waals surface area contributed by atoms with Crippen LogP contribution in [0.15, 0.2) is 29.6 Å². The van der Waals surface area contributed by atoms with Crippen molar-refractivity contribution >= 4 is 28.7 Å². The van der Waals surface area contributed by atoms with Crippen LogP contribution < -0.4 is 14.8 Å². The Morgan fingerprint density at radius 2 is 2.12 bits per heavy atom. The summed E-state index contributed by atoms with van der Waals surface area (Å²) in [4.78, 5) is 28.1. The number of Topliss-reactive ketones (excluding diaryl/α,β-unsaturated/α-hetero) is 1. The molecule has 136 valence electrons. The number of amides is 1. The van der Waals surface area contributed by atoms with Gasteiger partial charge in [0, 0.05) is 22.5 Å². The Hall–Kier alpha value is -2.38. The Kier molecular flexibility index (Phi) is 4.65. The first-order chi connectivity index (χ1) is 12.6. The number of fused-ring (bicyclic) bond motifs is 1. The molecule has 7 heteroatoms. The van der Waals surface area contributed by atoms with Gasteiger partial charge in [-0.25, -0.2) is 0 Å². The second-order valence-corrected chi connectivity index (χ2v) is 7.48. The van der Waals surface area contributed by atoms with Crippen LogP contribution in [-0.2, 0) is 4.79 Å². The van der Waals surface area contributed by atoms with Gasteiger partial charge in [-0.05, 0) is 43.8 Å². The van der Waals surface area contributed by atoms with Crippen LogP contribution in [0.2, 0.25) is 0 Å². The van der Waals surface area contributed by atoms with Gasteiger partial charge in [0.1, 0.15) is 0 Å². The van der Waals surface area contributed by atoms with Crippen LogP contribution in [0.4, 0.5) is 5.69 Å². The molecule has 0 unspecified atom stereocenters. The van der Waals surface area contributed by atoms with Crippen LogP contribution in [0.5, 0.6) is 11.5 Å². The highest BCUT2D eigenvalue weighted by molar-refractivity contribution is 7.10. The summed E-state index contributed by atoms with van der Waals surface area (Å²) in [5.41, 5.74) is 0.900. The minimum absolute atomic E-state index is 0.125. The zero-order chi connectivity index (χ0) is 18.1. The molecular weight excluding hydrogens is 352 g/mol. The lowest BCUT2D eigenvalue weighted by Gasteiger charge is -2.23. The average molecular weight is 372 g/mol. The lowest BCUT2D eigenvalue weighted by atomic mass is 10.1. The van der Waals surface area contributed by atoms with Crippen molar-refractivity contribution < 1.29 is 19.1 Å². The van der Waals surface area contributed by atoms with Crippen LogP contribution in [0, 0.1) is 0 Å². The van der Waals surface area contributed by atoms with Gasteiger partial charge in [-0.3, -0.25) is 14.5 Å². The molecule has 0 saturated carbocycles. The zero-order valence-corrected chi connectivity index (χ0v) is 15.3. The average Bonchev–Trinajstić information content (AvgIpc) is 3.34. The summed E-state index contributed by atoms with van der Waals surface area (Å²) in [5, 5.41) is 4.95. The van der Waals surface area contributed by atoms with Gasteiger partial charge >= 0.3 is 0 Å². The summed E-state index contributed by atoms with van der Waals surface area (Å²) in [6, 6.07) is 7.76. The van der Waals surface area contributed by atoms with Crippen molar-refractivity contribution in [1.29, 1.82) is 0 Å². The summed E-state index contributed by atoms with van der Waals surface area (Å²) >= 11 is 1.73. The molecule has 1 N–H and O–H groups in total. The van der Waals surface area contributed by atoms with E-state index in [2.05, 4.69) is 21.7 Å². The fourth-order valence-corrected chi connectivity index (χ4v) is 4.42. The van der Waals surface area contributed by atoms with Gasteiger partial charge < -0.3 is 14.8 Å². The van der Waals surface area contributed by atoms with E-state index < -0.39 is 0 Å². The molecule has 2 aliphatic rings. The molecule has 1 fully saturated rings. The second kappa shape index (κ2) is 7.09. The molecule has 4 rings (SSSR count). The van der Waals surface area contributed by atoms with Crippen molar-refractivity contribution in [2.24, 2.45) is 0 Å². The maximum atomic E-state index is 12.6. The summed E-state index contributed by atoms with van der Waals surface area (Å²) < 4.78 is 10.7. The van der Waals surface area contributed by atoms with E-state index in [-0.39, 0.29) is 18.5 Å². The largest absolute Gasteiger partial charge is 0.454 e. The third-order valence-electron chi connectivity index (χ3n) is 4.75. The Morgan fingerprint density at radius 3 is 2.85 bits per heavy atom. The topological polar surface area (TPSA) is 67.9 Å². The molecule has 1 aromatic carbocycles. The molecular formula is C19H20N2O4S. The van der Waals surface area contributed by atoms with Crippen molar-refractivity contribution in [3.05, 3.63) is 40.1 Å². The van der Waals surface area contributed by atoms with Gasteiger partial charge in [0.2, 0.25) is 12.7 Å². The maximum absolute atomic E-state index is 12.6. The minimum Gasteiger partial charge on any atom is -0.454 e. The van der Waals surface area contributed by atoms with Crippen molar-refractivity contribution in [2.75, 3.05) is 25.2 Å².